The predicted octanol–water partition coefficient (Wildman–Crippen LogP) is 4.49. The van der Waals surface area contributed by atoms with Crippen LogP contribution in [0.2, 0.25) is 0 Å². The Morgan fingerprint density at radius 1 is 1.12 bits per heavy atom. The second-order valence-electron chi connectivity index (χ2n) is 5.96. The van der Waals surface area contributed by atoms with Crippen molar-refractivity contribution in [2.75, 3.05) is 23.7 Å². The zero-order chi connectivity index (χ0) is 16.9. The van der Waals surface area contributed by atoms with E-state index in [9.17, 15) is 4.79 Å². The fourth-order valence-electron chi connectivity index (χ4n) is 2.75. The number of nitrogens with zero attached hydrogens (tertiary/aromatic N) is 2. The van der Waals surface area contributed by atoms with Crippen LogP contribution in [0.15, 0.2) is 53.5 Å². The summed E-state index contributed by atoms with van der Waals surface area (Å²) in [6, 6.07) is 15.7. The Morgan fingerprint density at radius 2 is 1.92 bits per heavy atom. The van der Waals surface area contributed by atoms with E-state index in [2.05, 4.69) is 35.9 Å². The van der Waals surface area contributed by atoms with Crippen LogP contribution in [0.25, 0.3) is 0 Å². The number of carbonyl (C=O) groups excluding carboxylic acids is 1. The van der Waals surface area contributed by atoms with Gasteiger partial charge in [0, 0.05) is 23.5 Å². The molecule has 1 aliphatic heterocycles. The van der Waals surface area contributed by atoms with Gasteiger partial charge < -0.3 is 4.90 Å². The minimum absolute atomic E-state index is 0.116. The minimum atomic E-state index is 0.116. The lowest BCUT2D eigenvalue weighted by atomic mass is 10.1. The molecule has 4 heteroatoms. The Labute approximate surface area is 147 Å². The number of ketones is 1. The van der Waals surface area contributed by atoms with Crippen LogP contribution in [-0.4, -0.2) is 29.8 Å². The van der Waals surface area contributed by atoms with Crippen molar-refractivity contribution in [2.24, 2.45) is 4.99 Å². The third kappa shape index (κ3) is 3.70. The molecule has 0 bridgehead atoms. The maximum absolute atomic E-state index is 12.8. The summed E-state index contributed by atoms with van der Waals surface area (Å²) in [6.45, 7) is 5.37. The first-order chi connectivity index (χ1) is 11.7. The predicted molar refractivity (Wildman–Crippen MR) is 103 cm³/mol. The van der Waals surface area contributed by atoms with E-state index in [0.29, 0.717) is 6.54 Å². The molecule has 0 radical (unpaired) electrons. The molecule has 0 atom stereocenters. The van der Waals surface area contributed by atoms with E-state index in [1.165, 1.54) is 11.1 Å². The quantitative estimate of drug-likeness (QED) is 0.770. The highest BCUT2D eigenvalue weighted by Gasteiger charge is 2.22. The summed E-state index contributed by atoms with van der Waals surface area (Å²) in [5, 5.41) is 0.958. The third-order valence-corrected chi connectivity index (χ3v) is 5.38. The van der Waals surface area contributed by atoms with E-state index in [1.807, 2.05) is 36.4 Å². The molecular formula is C20H22N2OS. The number of anilines is 1. The van der Waals surface area contributed by atoms with Crippen molar-refractivity contribution in [1.29, 1.82) is 0 Å². The van der Waals surface area contributed by atoms with Crippen molar-refractivity contribution >= 4 is 28.4 Å². The Kier molecular flexibility index (Phi) is 5.36. The number of aliphatic imine (C=N–C) groups is 1. The largest absolute Gasteiger partial charge is 0.313 e. The number of carbonyl (C=O) groups is 1. The number of hydrogen-bond donors (Lipinski definition) is 0. The van der Waals surface area contributed by atoms with Crippen molar-refractivity contribution in [3.8, 4) is 0 Å². The summed E-state index contributed by atoms with van der Waals surface area (Å²) in [5.74, 6) is 1.17. The van der Waals surface area contributed by atoms with Crippen LogP contribution in [-0.2, 0) is 0 Å². The van der Waals surface area contributed by atoms with E-state index < -0.39 is 0 Å². The summed E-state index contributed by atoms with van der Waals surface area (Å²) in [4.78, 5) is 19.5. The maximum atomic E-state index is 12.8. The van der Waals surface area contributed by atoms with Gasteiger partial charge in [-0.2, -0.15) is 0 Å². The van der Waals surface area contributed by atoms with Crippen molar-refractivity contribution in [3.63, 3.8) is 0 Å². The van der Waals surface area contributed by atoms with Crippen molar-refractivity contribution in [2.45, 2.75) is 20.3 Å². The molecule has 0 amide bonds. The second kappa shape index (κ2) is 7.67. The normalized spacial score (nSPS) is 14.2. The molecule has 0 spiro atoms. The zero-order valence-corrected chi connectivity index (χ0v) is 15.0. The van der Waals surface area contributed by atoms with Gasteiger partial charge in [-0.15, -0.1) is 0 Å². The first kappa shape index (κ1) is 16.8. The summed E-state index contributed by atoms with van der Waals surface area (Å²) in [6.07, 6.45) is 1.10. The lowest BCUT2D eigenvalue weighted by Crippen LogP contribution is -2.36. The summed E-state index contributed by atoms with van der Waals surface area (Å²) in [5.41, 5.74) is 4.25. The van der Waals surface area contributed by atoms with E-state index in [0.717, 1.165) is 35.1 Å². The molecule has 2 aromatic carbocycles. The molecule has 124 valence electrons. The molecule has 3 nitrogen and oxygen atoms in total. The average molecular weight is 338 g/mol. The fraction of sp³-hybridized carbons (Fsp3) is 0.300. The first-order valence-corrected chi connectivity index (χ1v) is 9.24. The van der Waals surface area contributed by atoms with Crippen molar-refractivity contribution < 1.29 is 4.79 Å². The number of thioether (sulfide) groups is 1. The zero-order valence-electron chi connectivity index (χ0n) is 14.2. The topological polar surface area (TPSA) is 32.7 Å². The number of amidine groups is 1. The van der Waals surface area contributed by atoms with Gasteiger partial charge in [-0.25, -0.2) is 0 Å². The molecule has 0 aromatic heterocycles. The molecule has 0 N–H and O–H groups in total. The highest BCUT2D eigenvalue weighted by Crippen LogP contribution is 2.28. The van der Waals surface area contributed by atoms with Gasteiger partial charge in [0.2, 0.25) is 0 Å². The standard InChI is InChI=1S/C20H22N2OS/c1-15-8-6-11-18(16(15)2)22(20-21-12-7-13-24-20)14-19(23)17-9-4-3-5-10-17/h3-6,8-11H,7,12-14H2,1-2H3. The van der Waals surface area contributed by atoms with Gasteiger partial charge in [0.25, 0.3) is 0 Å². The van der Waals surface area contributed by atoms with Crippen LogP contribution in [0.5, 0.6) is 0 Å². The van der Waals surface area contributed by atoms with Crippen molar-refractivity contribution in [3.05, 3.63) is 65.2 Å². The summed E-state index contributed by atoms with van der Waals surface area (Å²) < 4.78 is 0. The molecule has 24 heavy (non-hydrogen) atoms. The van der Waals surface area contributed by atoms with Crippen LogP contribution < -0.4 is 4.90 Å². The summed E-state index contributed by atoms with van der Waals surface area (Å²) in [7, 11) is 0. The Bertz CT molecular complexity index is 755. The van der Waals surface area contributed by atoms with E-state index in [-0.39, 0.29) is 5.78 Å². The molecular weight excluding hydrogens is 316 g/mol. The minimum Gasteiger partial charge on any atom is -0.313 e. The SMILES string of the molecule is Cc1cccc(N(CC(=O)c2ccccc2)C2=NCCCS2)c1C. The number of benzene rings is 2. The van der Waals surface area contributed by atoms with Crippen LogP contribution in [0.1, 0.15) is 27.9 Å². The number of Topliss-reactive ketones (excluding diaryl/α,β-unsaturated/α-hetero) is 1. The second-order valence-corrected chi connectivity index (χ2v) is 7.02. The average Bonchev–Trinajstić information content (AvgIpc) is 2.63. The molecule has 0 saturated carbocycles. The maximum Gasteiger partial charge on any atom is 0.182 e. The Balaban J connectivity index is 1.95. The molecule has 0 aliphatic carbocycles. The molecule has 1 aliphatic rings. The molecule has 2 aromatic rings. The number of hydrogen-bond acceptors (Lipinski definition) is 4. The van der Waals surface area contributed by atoms with Gasteiger partial charge in [0.1, 0.15) is 0 Å². The number of rotatable bonds is 4. The lowest BCUT2D eigenvalue weighted by Gasteiger charge is -2.29. The van der Waals surface area contributed by atoms with Gasteiger partial charge >= 0.3 is 0 Å². The van der Waals surface area contributed by atoms with Crippen LogP contribution in [0.3, 0.4) is 0 Å². The van der Waals surface area contributed by atoms with Crippen LogP contribution in [0.4, 0.5) is 5.69 Å². The molecule has 1 heterocycles. The van der Waals surface area contributed by atoms with Gasteiger partial charge in [0.05, 0.1) is 6.54 Å². The number of aryl methyl sites for hydroxylation is 1. The lowest BCUT2D eigenvalue weighted by molar-refractivity contribution is 0.100. The van der Waals surface area contributed by atoms with Gasteiger partial charge in [-0.3, -0.25) is 9.79 Å². The smallest absolute Gasteiger partial charge is 0.182 e. The third-order valence-electron chi connectivity index (χ3n) is 4.28. The Morgan fingerprint density at radius 3 is 2.62 bits per heavy atom. The van der Waals surface area contributed by atoms with E-state index >= 15 is 0 Å². The molecule has 0 saturated heterocycles. The Hall–Kier alpha value is -2.07. The van der Waals surface area contributed by atoms with Crippen LogP contribution in [0, 0.1) is 13.8 Å². The highest BCUT2D eigenvalue weighted by atomic mass is 32.2. The van der Waals surface area contributed by atoms with E-state index in [4.69, 9.17) is 0 Å². The van der Waals surface area contributed by atoms with Gasteiger partial charge in [0.15, 0.2) is 11.0 Å². The monoisotopic (exact) mass is 338 g/mol. The van der Waals surface area contributed by atoms with Gasteiger partial charge in [-0.05, 0) is 37.5 Å². The molecule has 0 unspecified atom stereocenters. The highest BCUT2D eigenvalue weighted by molar-refractivity contribution is 8.14. The van der Waals surface area contributed by atoms with E-state index in [1.54, 1.807) is 11.8 Å². The molecule has 0 fully saturated rings. The van der Waals surface area contributed by atoms with Crippen LogP contribution >= 0.6 is 11.8 Å². The fourth-order valence-corrected chi connectivity index (χ4v) is 3.71. The summed E-state index contributed by atoms with van der Waals surface area (Å²) >= 11 is 1.74. The molecule has 3 rings (SSSR count). The first-order valence-electron chi connectivity index (χ1n) is 8.26. The van der Waals surface area contributed by atoms with Crippen molar-refractivity contribution in [1.82, 2.24) is 0 Å². The van der Waals surface area contributed by atoms with Gasteiger partial charge in [-0.1, -0.05) is 54.2 Å².